The number of hydrogen-bond donors (Lipinski definition) is 1. The highest BCUT2D eigenvalue weighted by atomic mass is 19.1. The predicted octanol–water partition coefficient (Wildman–Crippen LogP) is 0.773. The van der Waals surface area contributed by atoms with Crippen LogP contribution in [-0.2, 0) is 4.74 Å². The highest BCUT2D eigenvalue weighted by Crippen LogP contribution is 2.18. The number of pyridine rings is 1. The Morgan fingerprint density at radius 2 is 2.50 bits per heavy atom. The van der Waals surface area contributed by atoms with Crippen molar-refractivity contribution in [1.29, 1.82) is 0 Å². The number of hydrogen-bond acceptors (Lipinski definition) is 4. The lowest BCUT2D eigenvalue weighted by Crippen LogP contribution is -2.50. The van der Waals surface area contributed by atoms with E-state index < -0.39 is 0 Å². The van der Waals surface area contributed by atoms with Crippen LogP contribution in [0, 0.1) is 5.82 Å². The molecule has 2 rings (SSSR count). The molecule has 2 atom stereocenters. The Kier molecular flexibility index (Phi) is 3.36. The highest BCUT2D eigenvalue weighted by Gasteiger charge is 2.25. The predicted molar refractivity (Wildman–Crippen MR) is 59.8 cm³/mol. The molecule has 0 amide bonds. The van der Waals surface area contributed by atoms with Crippen LogP contribution in [0.1, 0.15) is 6.92 Å². The lowest BCUT2D eigenvalue weighted by atomic mass is 10.1. The Bertz CT molecular complexity index is 359. The first kappa shape index (κ1) is 11.3. The molecular weight excluding hydrogens is 209 g/mol. The number of halogens is 1. The molecule has 2 unspecified atom stereocenters. The standard InChI is InChI=1S/C11H16FN3O/c1-8(13)10-7-15(5-6-16-10)11-9(12)3-2-4-14-11/h2-4,8,10H,5-7,13H2,1H3. The van der Waals surface area contributed by atoms with E-state index in [1.165, 1.54) is 6.07 Å². The topological polar surface area (TPSA) is 51.4 Å². The van der Waals surface area contributed by atoms with Crippen LogP contribution in [0.3, 0.4) is 0 Å². The SMILES string of the molecule is CC(N)C1CN(c2ncccc2F)CCO1. The van der Waals surface area contributed by atoms with Crippen molar-refractivity contribution in [2.24, 2.45) is 5.73 Å². The monoisotopic (exact) mass is 225 g/mol. The van der Waals surface area contributed by atoms with Crippen molar-refractivity contribution in [3.8, 4) is 0 Å². The van der Waals surface area contributed by atoms with Crippen LogP contribution in [0.2, 0.25) is 0 Å². The van der Waals surface area contributed by atoms with Crippen LogP contribution in [0.25, 0.3) is 0 Å². The fourth-order valence-electron chi connectivity index (χ4n) is 1.80. The summed E-state index contributed by atoms with van der Waals surface area (Å²) in [5.74, 6) is 0.0873. The minimum Gasteiger partial charge on any atom is -0.373 e. The van der Waals surface area contributed by atoms with Crippen molar-refractivity contribution in [3.05, 3.63) is 24.1 Å². The van der Waals surface area contributed by atoms with E-state index in [-0.39, 0.29) is 18.0 Å². The van der Waals surface area contributed by atoms with E-state index in [9.17, 15) is 4.39 Å². The summed E-state index contributed by atoms with van der Waals surface area (Å²) in [6.07, 6.45) is 1.53. The van der Waals surface area contributed by atoms with E-state index in [4.69, 9.17) is 10.5 Å². The van der Waals surface area contributed by atoms with Crippen molar-refractivity contribution < 1.29 is 9.13 Å². The second-order valence-electron chi connectivity index (χ2n) is 4.02. The maximum atomic E-state index is 13.5. The Hall–Kier alpha value is -1.20. The third kappa shape index (κ3) is 2.31. The Balaban J connectivity index is 2.13. The van der Waals surface area contributed by atoms with Gasteiger partial charge < -0.3 is 15.4 Å². The Morgan fingerprint density at radius 1 is 1.69 bits per heavy atom. The molecule has 0 aromatic carbocycles. The number of aromatic nitrogens is 1. The van der Waals surface area contributed by atoms with Gasteiger partial charge in [0.2, 0.25) is 0 Å². The molecule has 1 saturated heterocycles. The van der Waals surface area contributed by atoms with Gasteiger partial charge in [0.05, 0.1) is 12.7 Å². The lowest BCUT2D eigenvalue weighted by molar-refractivity contribution is 0.0271. The molecule has 5 heteroatoms. The minimum atomic E-state index is -0.298. The zero-order valence-electron chi connectivity index (χ0n) is 9.27. The van der Waals surface area contributed by atoms with E-state index >= 15 is 0 Å². The van der Waals surface area contributed by atoms with Crippen LogP contribution in [0.15, 0.2) is 18.3 Å². The first-order valence-electron chi connectivity index (χ1n) is 5.41. The summed E-state index contributed by atoms with van der Waals surface area (Å²) in [4.78, 5) is 5.93. The summed E-state index contributed by atoms with van der Waals surface area (Å²) in [5, 5.41) is 0. The van der Waals surface area contributed by atoms with Crippen LogP contribution in [0.4, 0.5) is 10.2 Å². The molecule has 0 bridgehead atoms. The minimum absolute atomic E-state index is 0.0600. The molecule has 0 aliphatic carbocycles. The maximum Gasteiger partial charge on any atom is 0.165 e. The third-order valence-corrected chi connectivity index (χ3v) is 2.72. The first-order valence-corrected chi connectivity index (χ1v) is 5.41. The van der Waals surface area contributed by atoms with Crippen molar-refractivity contribution >= 4 is 5.82 Å². The van der Waals surface area contributed by atoms with Gasteiger partial charge in [-0.3, -0.25) is 0 Å². The van der Waals surface area contributed by atoms with Gasteiger partial charge in [-0.25, -0.2) is 9.37 Å². The van der Waals surface area contributed by atoms with Crippen LogP contribution < -0.4 is 10.6 Å². The summed E-state index contributed by atoms with van der Waals surface area (Å²) < 4.78 is 19.0. The van der Waals surface area contributed by atoms with Crippen LogP contribution in [0.5, 0.6) is 0 Å². The molecule has 0 radical (unpaired) electrons. The third-order valence-electron chi connectivity index (χ3n) is 2.72. The second kappa shape index (κ2) is 4.76. The normalized spacial score (nSPS) is 23.2. The lowest BCUT2D eigenvalue weighted by Gasteiger charge is -2.35. The van der Waals surface area contributed by atoms with E-state index in [1.54, 1.807) is 12.3 Å². The molecule has 2 N–H and O–H groups in total. The molecule has 0 spiro atoms. The number of ether oxygens (including phenoxy) is 1. The summed E-state index contributed by atoms with van der Waals surface area (Å²) in [6.45, 7) is 3.69. The van der Waals surface area contributed by atoms with Crippen LogP contribution in [-0.4, -0.2) is 36.8 Å². The fourth-order valence-corrected chi connectivity index (χ4v) is 1.80. The van der Waals surface area contributed by atoms with Gasteiger partial charge in [-0.2, -0.15) is 0 Å². The summed E-state index contributed by atoms with van der Waals surface area (Å²) >= 11 is 0. The molecule has 1 aromatic heterocycles. The van der Waals surface area contributed by atoms with Gasteiger partial charge in [-0.1, -0.05) is 0 Å². The summed E-state index contributed by atoms with van der Waals surface area (Å²) in [6, 6.07) is 2.94. The molecule has 0 saturated carbocycles. The number of nitrogens with zero attached hydrogens (tertiary/aromatic N) is 2. The van der Waals surface area contributed by atoms with Gasteiger partial charge in [0.15, 0.2) is 11.6 Å². The Labute approximate surface area is 94.2 Å². The molecule has 4 nitrogen and oxygen atoms in total. The molecular formula is C11H16FN3O. The highest BCUT2D eigenvalue weighted by molar-refractivity contribution is 5.40. The Morgan fingerprint density at radius 3 is 3.19 bits per heavy atom. The maximum absolute atomic E-state index is 13.5. The molecule has 1 aliphatic rings. The van der Waals surface area contributed by atoms with Crippen molar-refractivity contribution in [3.63, 3.8) is 0 Å². The van der Waals surface area contributed by atoms with E-state index in [2.05, 4.69) is 4.98 Å². The van der Waals surface area contributed by atoms with Gasteiger partial charge in [0.1, 0.15) is 0 Å². The zero-order chi connectivity index (χ0) is 11.5. The van der Waals surface area contributed by atoms with Crippen LogP contribution >= 0.6 is 0 Å². The largest absolute Gasteiger partial charge is 0.373 e. The summed E-state index contributed by atoms with van der Waals surface area (Å²) in [7, 11) is 0. The van der Waals surface area contributed by atoms with Crippen molar-refractivity contribution in [1.82, 2.24) is 4.98 Å². The smallest absolute Gasteiger partial charge is 0.165 e. The molecule has 16 heavy (non-hydrogen) atoms. The zero-order valence-corrected chi connectivity index (χ0v) is 9.27. The van der Waals surface area contributed by atoms with E-state index in [1.807, 2.05) is 11.8 Å². The van der Waals surface area contributed by atoms with Crippen molar-refractivity contribution in [2.45, 2.75) is 19.1 Å². The molecule has 88 valence electrons. The second-order valence-corrected chi connectivity index (χ2v) is 4.02. The van der Waals surface area contributed by atoms with Gasteiger partial charge in [0, 0.05) is 25.3 Å². The van der Waals surface area contributed by atoms with Gasteiger partial charge >= 0.3 is 0 Å². The molecule has 1 aromatic rings. The van der Waals surface area contributed by atoms with E-state index in [0.717, 1.165) is 0 Å². The first-order chi connectivity index (χ1) is 7.68. The molecule has 2 heterocycles. The number of anilines is 1. The summed E-state index contributed by atoms with van der Waals surface area (Å²) in [5.41, 5.74) is 5.78. The number of rotatable bonds is 2. The average Bonchev–Trinajstić information content (AvgIpc) is 2.30. The van der Waals surface area contributed by atoms with Crippen molar-refractivity contribution in [2.75, 3.05) is 24.6 Å². The average molecular weight is 225 g/mol. The van der Waals surface area contributed by atoms with Gasteiger partial charge in [0.25, 0.3) is 0 Å². The number of morpholine rings is 1. The number of nitrogens with two attached hydrogens (primary N) is 1. The molecule has 1 aliphatic heterocycles. The molecule has 1 fully saturated rings. The van der Waals surface area contributed by atoms with Gasteiger partial charge in [-0.15, -0.1) is 0 Å². The fraction of sp³-hybridized carbons (Fsp3) is 0.545. The quantitative estimate of drug-likeness (QED) is 0.808. The van der Waals surface area contributed by atoms with Gasteiger partial charge in [-0.05, 0) is 19.1 Å². The van der Waals surface area contributed by atoms with E-state index in [0.29, 0.717) is 25.5 Å².